The Labute approximate surface area is 583 Å². The number of nitrogens with zero attached hydrogens (tertiary/aromatic N) is 6. The molecule has 0 aliphatic carbocycles. The summed E-state index contributed by atoms with van der Waals surface area (Å²) >= 11 is 3.57. The average molecular weight is 1450 g/mol. The predicted molar refractivity (Wildman–Crippen MR) is 393 cm³/mol. The fourth-order valence-corrected chi connectivity index (χ4v) is 13.7. The number of halogens is 3. The van der Waals surface area contributed by atoms with Crippen molar-refractivity contribution in [2.24, 2.45) is 0 Å². The average Bonchev–Trinajstić information content (AvgIpc) is 1.57. The van der Waals surface area contributed by atoms with Crippen LogP contribution in [0.1, 0.15) is 59.8 Å². The maximum Gasteiger partial charge on any atom is 0.497 e. The summed E-state index contributed by atoms with van der Waals surface area (Å²) in [5.41, 5.74) is 12.5. The Morgan fingerprint density at radius 2 is 0.980 bits per heavy atom. The van der Waals surface area contributed by atoms with Crippen molar-refractivity contribution in [3.8, 4) is 56.3 Å². The van der Waals surface area contributed by atoms with E-state index in [4.69, 9.17) is 23.1 Å². The van der Waals surface area contributed by atoms with Gasteiger partial charge in [-0.05, 0) is 155 Å². The van der Waals surface area contributed by atoms with Gasteiger partial charge in [0.1, 0.15) is 45.6 Å². The zero-order valence-corrected chi connectivity index (χ0v) is 59.7. The standard InChI is InChI=1S/C34H28FN5O4S.C24H28BFN2O6S.C16H12BrN3/c1-19-17-40-18-22(13-25(33(40)37-19)28-14-21-7-5-6-8-27(21)38-28)24-15-26-30(16-29(24)39(3)45(4,42)43)44-32(31(26)34(41)36-2)20-9-11-23(35)12-10-20;1-23(2)24(3,4)34-25(33-23)17-12-16-19(13-18(17)28(6)35(7,30)31)32-21(20(16)22(29)27-5)14-8-10-15(26)11-9-14;1-10-8-20-9-12(17)7-13(16(20)18-10)15-6-11-4-2-3-5-14(11)19-15/h5-18,38H,1-4H3,(H,36,41);8-13H,1-7H3,(H,27,29);2-9,19H,1H3. The first kappa shape index (κ1) is 68.2. The molecule has 15 rings (SSSR count). The number of fused-ring (bicyclic) bond motifs is 6. The Hall–Kier alpha value is -10.4. The van der Waals surface area contributed by atoms with E-state index < -0.39 is 61.8 Å². The van der Waals surface area contributed by atoms with Gasteiger partial charge in [0, 0.05) is 141 Å². The van der Waals surface area contributed by atoms with Crippen LogP contribution in [0.15, 0.2) is 184 Å². The van der Waals surface area contributed by atoms with Crippen LogP contribution in [0.5, 0.6) is 0 Å². The molecule has 0 atom stereocenters. The molecule has 1 aliphatic rings. The van der Waals surface area contributed by atoms with Gasteiger partial charge >= 0.3 is 7.12 Å². The lowest BCUT2D eigenvalue weighted by atomic mass is 9.77. The van der Waals surface area contributed by atoms with Gasteiger partial charge in [-0.1, -0.05) is 36.4 Å². The highest BCUT2D eigenvalue weighted by Gasteiger charge is 2.53. The van der Waals surface area contributed by atoms with Gasteiger partial charge in [-0.2, -0.15) is 0 Å². The fraction of sp³-hybridized carbons (Fsp3) is 0.189. The number of aromatic amines is 2. The third-order valence-electron chi connectivity index (χ3n) is 18.2. The lowest BCUT2D eigenvalue weighted by Gasteiger charge is -2.32. The van der Waals surface area contributed by atoms with Gasteiger partial charge in [-0.15, -0.1) is 0 Å². The Morgan fingerprint density at radius 1 is 0.550 bits per heavy atom. The van der Waals surface area contributed by atoms with Crippen molar-refractivity contribution in [2.45, 2.75) is 52.7 Å². The highest BCUT2D eigenvalue weighted by Crippen LogP contribution is 2.45. The molecule has 0 saturated carbocycles. The van der Waals surface area contributed by atoms with Gasteiger partial charge < -0.3 is 47.5 Å². The van der Waals surface area contributed by atoms with Crippen molar-refractivity contribution in [3.63, 3.8) is 0 Å². The topological polar surface area (TPSA) is 244 Å². The third-order valence-corrected chi connectivity index (χ3v) is 21.0. The molecule has 1 fully saturated rings. The van der Waals surface area contributed by atoms with E-state index in [-0.39, 0.29) is 28.2 Å². The van der Waals surface area contributed by atoms with Crippen LogP contribution in [0.3, 0.4) is 0 Å². The van der Waals surface area contributed by atoms with Crippen molar-refractivity contribution in [1.82, 2.24) is 39.4 Å². The lowest BCUT2D eigenvalue weighted by molar-refractivity contribution is 0.00578. The molecule has 6 aromatic carbocycles. The summed E-state index contributed by atoms with van der Waals surface area (Å²) in [5, 5.41) is 8.47. The van der Waals surface area contributed by atoms with Crippen LogP contribution >= 0.6 is 15.9 Å². The van der Waals surface area contributed by atoms with Crippen molar-refractivity contribution in [1.29, 1.82) is 0 Å². The molecular weight excluding hydrogens is 1380 g/mol. The molecule has 0 bridgehead atoms. The largest absolute Gasteiger partial charge is 0.497 e. The number of sulfonamides is 2. The molecule has 2 amide bonds. The zero-order chi connectivity index (χ0) is 71.2. The number of furan rings is 2. The number of para-hydroxylation sites is 2. The monoisotopic (exact) mass is 1450 g/mol. The van der Waals surface area contributed by atoms with Gasteiger partial charge in [0.05, 0.1) is 69.0 Å². The quantitative estimate of drug-likeness (QED) is 0.0835. The molecule has 100 heavy (non-hydrogen) atoms. The van der Waals surface area contributed by atoms with E-state index in [9.17, 15) is 35.2 Å². The van der Waals surface area contributed by atoms with Crippen molar-refractivity contribution in [3.05, 3.63) is 209 Å². The van der Waals surface area contributed by atoms with E-state index in [1.165, 1.54) is 86.4 Å². The number of H-pyrrole nitrogens is 2. The summed E-state index contributed by atoms with van der Waals surface area (Å²) in [7, 11) is -2.35. The van der Waals surface area contributed by atoms with E-state index in [1.807, 2.05) is 107 Å². The van der Waals surface area contributed by atoms with Crippen LogP contribution in [-0.2, 0) is 29.4 Å². The van der Waals surface area contributed by atoms with E-state index in [0.29, 0.717) is 55.4 Å². The summed E-state index contributed by atoms with van der Waals surface area (Å²) in [5.74, 6) is -1.18. The van der Waals surface area contributed by atoms with Crippen molar-refractivity contribution >= 4 is 127 Å². The van der Waals surface area contributed by atoms with E-state index in [0.717, 1.165) is 82.9 Å². The SMILES string of the molecule is CNC(=O)c1c(-c2ccc(F)cc2)oc2cc(N(C)S(C)(=O)=O)c(-c3cc(-c4cc5ccccc5[nH]4)c4nc(C)cn4c3)cc12.CNC(=O)c1c(-c2ccc(F)cc2)oc2cc(N(C)S(C)(=O)=O)c(B3OC(C)(C)C(C)(C)O3)cc12.Cc1cn2cc(Br)cc(-c3cc4ccccc4[nH]3)c2n1. The van der Waals surface area contributed by atoms with Gasteiger partial charge in [0.15, 0.2) is 0 Å². The normalized spacial score (nSPS) is 13.7. The minimum Gasteiger partial charge on any atom is -0.455 e. The Bertz CT molecular complexity index is 5760. The van der Waals surface area contributed by atoms with Crippen LogP contribution in [0, 0.1) is 25.5 Å². The molecule has 1 saturated heterocycles. The van der Waals surface area contributed by atoms with Crippen LogP contribution in [0.25, 0.3) is 111 Å². The number of hydrogen-bond donors (Lipinski definition) is 4. The maximum absolute atomic E-state index is 13.8. The Balaban J connectivity index is 0.000000144. The molecule has 0 radical (unpaired) electrons. The number of hydrogen-bond acceptors (Lipinski definition) is 12. The molecule has 14 aromatic rings. The molecular formula is C74H68BBrF2N10O10S2. The van der Waals surface area contributed by atoms with E-state index >= 15 is 0 Å². The minimum atomic E-state index is -3.71. The number of aromatic nitrogens is 6. The zero-order valence-electron chi connectivity index (χ0n) is 56.5. The molecule has 0 unspecified atom stereocenters. The van der Waals surface area contributed by atoms with E-state index in [1.54, 1.807) is 24.3 Å². The number of carbonyl (C=O) groups excluding carboxylic acids is 2. The van der Waals surface area contributed by atoms with E-state index in [2.05, 4.69) is 82.3 Å². The molecule has 510 valence electrons. The molecule has 1 aliphatic heterocycles. The summed E-state index contributed by atoms with van der Waals surface area (Å²) < 4.78 is 110. The molecule has 4 N–H and O–H groups in total. The van der Waals surface area contributed by atoms with Crippen LogP contribution in [0.2, 0.25) is 0 Å². The Kier molecular flexibility index (Phi) is 17.5. The number of imidazole rings is 2. The number of rotatable bonds is 12. The Morgan fingerprint density at radius 3 is 1.44 bits per heavy atom. The number of nitrogens with one attached hydrogen (secondary N) is 4. The number of anilines is 2. The van der Waals surface area contributed by atoms with Crippen molar-refractivity contribution < 1.29 is 53.3 Å². The molecule has 26 heteroatoms. The molecule has 0 spiro atoms. The predicted octanol–water partition coefficient (Wildman–Crippen LogP) is 14.6. The number of benzene rings is 6. The molecule has 8 aromatic heterocycles. The number of pyridine rings is 2. The van der Waals surface area contributed by atoms with Crippen LogP contribution < -0.4 is 24.7 Å². The summed E-state index contributed by atoms with van der Waals surface area (Å²) in [6.07, 6.45) is 10.1. The smallest absolute Gasteiger partial charge is 0.455 e. The third kappa shape index (κ3) is 12.8. The second-order valence-electron chi connectivity index (χ2n) is 25.6. The number of aryl methyl sites for hydroxylation is 2. The summed E-state index contributed by atoms with van der Waals surface area (Å²) in [4.78, 5) is 42.6. The minimum absolute atomic E-state index is 0.235. The molecule has 20 nitrogen and oxygen atoms in total. The lowest BCUT2D eigenvalue weighted by Crippen LogP contribution is -2.41. The van der Waals surface area contributed by atoms with Gasteiger partial charge in [-0.25, -0.2) is 35.6 Å². The van der Waals surface area contributed by atoms with Gasteiger partial charge in [0.25, 0.3) is 11.8 Å². The highest BCUT2D eigenvalue weighted by molar-refractivity contribution is 9.10. The molecule has 9 heterocycles. The van der Waals surface area contributed by atoms with Gasteiger partial charge in [-0.3, -0.25) is 18.2 Å². The summed E-state index contributed by atoms with van der Waals surface area (Å²) in [6.45, 7) is 11.5. The second kappa shape index (κ2) is 25.7. The first-order valence-corrected chi connectivity index (χ1v) is 36.1. The first-order chi connectivity index (χ1) is 47.4. The highest BCUT2D eigenvalue weighted by atomic mass is 79.9. The second-order valence-corrected chi connectivity index (χ2v) is 30.5. The summed E-state index contributed by atoms with van der Waals surface area (Å²) in [6, 6.07) is 42.4. The van der Waals surface area contributed by atoms with Gasteiger partial charge in [0.2, 0.25) is 20.0 Å². The first-order valence-electron chi connectivity index (χ1n) is 31.6. The van der Waals surface area contributed by atoms with Crippen LogP contribution in [0.4, 0.5) is 20.2 Å². The van der Waals surface area contributed by atoms with Crippen LogP contribution in [-0.4, -0.2) is 116 Å². The number of amides is 2. The van der Waals surface area contributed by atoms with Crippen molar-refractivity contribution in [2.75, 3.05) is 49.3 Å². The number of carbonyl (C=O) groups is 2. The fourth-order valence-electron chi connectivity index (χ4n) is 12.3. The maximum atomic E-state index is 13.8.